The summed E-state index contributed by atoms with van der Waals surface area (Å²) < 4.78 is 1.99. The Labute approximate surface area is 187 Å². The van der Waals surface area contributed by atoms with Crippen LogP contribution in [0.15, 0.2) is 4.99 Å². The minimum absolute atomic E-state index is 0. The Morgan fingerprint density at radius 1 is 1.07 bits per heavy atom. The number of hydrogen-bond donors (Lipinski definition) is 2. The number of guanidine groups is 1. The molecule has 0 radical (unpaired) electrons. The fourth-order valence-electron chi connectivity index (χ4n) is 2.57. The van der Waals surface area contributed by atoms with Gasteiger partial charge in [0, 0.05) is 20.1 Å². The van der Waals surface area contributed by atoms with Crippen molar-refractivity contribution in [1.82, 2.24) is 25.4 Å². The number of unbranched alkanes of at least 4 members (excludes halogenated alkanes) is 3. The molecular formula is C19H39IN6S. The van der Waals surface area contributed by atoms with Gasteiger partial charge in [0.05, 0.1) is 0 Å². The highest BCUT2D eigenvalue weighted by atomic mass is 127. The molecule has 0 aliphatic heterocycles. The van der Waals surface area contributed by atoms with Crippen molar-refractivity contribution >= 4 is 41.7 Å². The number of halogens is 1. The maximum absolute atomic E-state index is 4.69. The predicted octanol–water partition coefficient (Wildman–Crippen LogP) is 4.14. The molecule has 0 bridgehead atoms. The summed E-state index contributed by atoms with van der Waals surface area (Å²) in [6.07, 6.45) is 9.76. The highest BCUT2D eigenvalue weighted by Gasteiger charge is 2.05. The molecule has 0 spiro atoms. The maximum atomic E-state index is 4.69. The van der Waals surface area contributed by atoms with Crippen LogP contribution in [0.25, 0.3) is 0 Å². The molecule has 1 aromatic rings. The summed E-state index contributed by atoms with van der Waals surface area (Å²) in [4.78, 5) is 4.69. The zero-order valence-electron chi connectivity index (χ0n) is 17.8. The van der Waals surface area contributed by atoms with Crippen molar-refractivity contribution in [2.45, 2.75) is 65.8 Å². The lowest BCUT2D eigenvalue weighted by Crippen LogP contribution is -2.38. The molecule has 0 saturated carbocycles. The molecule has 1 heterocycles. The molecule has 0 fully saturated rings. The molecule has 0 atom stereocenters. The van der Waals surface area contributed by atoms with Crippen LogP contribution in [0.5, 0.6) is 0 Å². The van der Waals surface area contributed by atoms with E-state index in [1.54, 1.807) is 0 Å². The van der Waals surface area contributed by atoms with E-state index in [0.29, 0.717) is 6.54 Å². The topological polar surface area (TPSA) is 67.1 Å². The van der Waals surface area contributed by atoms with Crippen LogP contribution in [0.1, 0.15) is 64.0 Å². The highest BCUT2D eigenvalue weighted by Crippen LogP contribution is 2.09. The second-order valence-corrected chi connectivity index (χ2v) is 8.17. The average Bonchev–Trinajstić information content (AvgIpc) is 2.93. The molecule has 0 saturated heterocycles. The molecule has 2 N–H and O–H groups in total. The van der Waals surface area contributed by atoms with Crippen LogP contribution in [0.3, 0.4) is 0 Å². The molecule has 0 aliphatic carbocycles. The second-order valence-electron chi connectivity index (χ2n) is 7.18. The number of aryl methyl sites for hydroxylation is 1. The van der Waals surface area contributed by atoms with Crippen LogP contribution in [-0.4, -0.2) is 45.8 Å². The number of rotatable bonds is 13. The number of hydrogen-bond acceptors (Lipinski definition) is 4. The van der Waals surface area contributed by atoms with E-state index in [-0.39, 0.29) is 24.0 Å². The predicted molar refractivity (Wildman–Crippen MR) is 129 cm³/mol. The Balaban J connectivity index is 0.00000676. The van der Waals surface area contributed by atoms with Gasteiger partial charge in [0.1, 0.15) is 12.4 Å². The van der Waals surface area contributed by atoms with Gasteiger partial charge in [0.2, 0.25) is 0 Å². The van der Waals surface area contributed by atoms with Gasteiger partial charge < -0.3 is 15.2 Å². The summed E-state index contributed by atoms with van der Waals surface area (Å²) in [5, 5.41) is 15.2. The van der Waals surface area contributed by atoms with Gasteiger partial charge in [-0.05, 0) is 37.7 Å². The zero-order valence-corrected chi connectivity index (χ0v) is 20.9. The average molecular weight is 511 g/mol. The van der Waals surface area contributed by atoms with Crippen LogP contribution in [0.4, 0.5) is 0 Å². The first-order chi connectivity index (χ1) is 12.5. The molecule has 0 unspecified atom stereocenters. The van der Waals surface area contributed by atoms with E-state index in [2.05, 4.69) is 45.9 Å². The zero-order chi connectivity index (χ0) is 19.2. The lowest BCUT2D eigenvalue weighted by Gasteiger charge is -2.12. The Hall–Kier alpha value is -0.510. The first kappa shape index (κ1) is 26.5. The lowest BCUT2D eigenvalue weighted by atomic mass is 10.0. The quantitative estimate of drug-likeness (QED) is 0.181. The van der Waals surface area contributed by atoms with Crippen molar-refractivity contribution in [1.29, 1.82) is 0 Å². The molecule has 1 aromatic heterocycles. The third kappa shape index (κ3) is 12.5. The van der Waals surface area contributed by atoms with Gasteiger partial charge in [-0.3, -0.25) is 0 Å². The molecule has 0 amide bonds. The Bertz CT molecular complexity index is 518. The maximum Gasteiger partial charge on any atom is 0.191 e. The standard InChI is InChI=1S/C19H38N6S.HI/c1-16(2)11-8-6-7-9-12-20-19(21-13-10-14-26-5)22-15-18-24-23-17(3)25(18)4;/h16H,6-15H2,1-5H3,(H2,20,21,22);1H. The summed E-state index contributed by atoms with van der Waals surface area (Å²) in [7, 11) is 1.98. The van der Waals surface area contributed by atoms with Crippen LogP contribution in [0.2, 0.25) is 0 Å². The molecule has 27 heavy (non-hydrogen) atoms. The number of aliphatic imine (C=N–C) groups is 1. The number of nitrogens with zero attached hydrogens (tertiary/aromatic N) is 4. The SMILES string of the molecule is CSCCCNC(=NCc1nnc(C)n1C)NCCCCCCC(C)C.I. The van der Waals surface area contributed by atoms with Gasteiger partial charge in [0.15, 0.2) is 11.8 Å². The van der Waals surface area contributed by atoms with Crippen molar-refractivity contribution in [3.63, 3.8) is 0 Å². The minimum Gasteiger partial charge on any atom is -0.356 e. The van der Waals surface area contributed by atoms with Crippen LogP contribution >= 0.6 is 35.7 Å². The fraction of sp³-hybridized carbons (Fsp3) is 0.842. The van der Waals surface area contributed by atoms with E-state index in [0.717, 1.165) is 43.0 Å². The molecule has 158 valence electrons. The van der Waals surface area contributed by atoms with E-state index in [1.165, 1.54) is 37.9 Å². The van der Waals surface area contributed by atoms with E-state index >= 15 is 0 Å². The third-order valence-corrected chi connectivity index (χ3v) is 5.08. The van der Waals surface area contributed by atoms with E-state index in [9.17, 15) is 0 Å². The lowest BCUT2D eigenvalue weighted by molar-refractivity contribution is 0.518. The Morgan fingerprint density at radius 3 is 2.33 bits per heavy atom. The van der Waals surface area contributed by atoms with Crippen molar-refractivity contribution < 1.29 is 0 Å². The number of aromatic nitrogens is 3. The fourth-order valence-corrected chi connectivity index (χ4v) is 3.01. The highest BCUT2D eigenvalue weighted by molar-refractivity contribution is 14.0. The number of nitrogens with one attached hydrogen (secondary N) is 2. The van der Waals surface area contributed by atoms with Gasteiger partial charge >= 0.3 is 0 Å². The van der Waals surface area contributed by atoms with Crippen LogP contribution in [-0.2, 0) is 13.6 Å². The molecule has 1 rings (SSSR count). The van der Waals surface area contributed by atoms with Crippen molar-refractivity contribution in [2.75, 3.05) is 25.1 Å². The molecule has 8 heteroatoms. The second kappa shape index (κ2) is 16.4. The summed E-state index contributed by atoms with van der Waals surface area (Å²) in [6.45, 7) is 9.01. The smallest absolute Gasteiger partial charge is 0.191 e. The van der Waals surface area contributed by atoms with Crippen LogP contribution < -0.4 is 10.6 Å². The summed E-state index contributed by atoms with van der Waals surface area (Å²) in [5.41, 5.74) is 0. The summed E-state index contributed by atoms with van der Waals surface area (Å²) in [5.74, 6) is 4.68. The molecule has 0 aromatic carbocycles. The van der Waals surface area contributed by atoms with Gasteiger partial charge in [-0.15, -0.1) is 34.2 Å². The minimum atomic E-state index is 0. The van der Waals surface area contributed by atoms with Gasteiger partial charge in [-0.1, -0.05) is 39.5 Å². The van der Waals surface area contributed by atoms with Crippen molar-refractivity contribution in [3.8, 4) is 0 Å². The first-order valence-corrected chi connectivity index (χ1v) is 11.3. The number of thioether (sulfide) groups is 1. The summed E-state index contributed by atoms with van der Waals surface area (Å²) >= 11 is 1.88. The molecule has 0 aliphatic rings. The van der Waals surface area contributed by atoms with E-state index < -0.39 is 0 Å². The first-order valence-electron chi connectivity index (χ1n) is 9.90. The third-order valence-electron chi connectivity index (χ3n) is 4.38. The molecule has 6 nitrogen and oxygen atoms in total. The van der Waals surface area contributed by atoms with Crippen molar-refractivity contribution in [2.24, 2.45) is 18.0 Å². The van der Waals surface area contributed by atoms with Gasteiger partial charge in [-0.25, -0.2) is 4.99 Å². The Morgan fingerprint density at radius 2 is 1.74 bits per heavy atom. The van der Waals surface area contributed by atoms with Gasteiger partial charge in [-0.2, -0.15) is 11.8 Å². The van der Waals surface area contributed by atoms with Crippen LogP contribution in [0, 0.1) is 12.8 Å². The van der Waals surface area contributed by atoms with Gasteiger partial charge in [0.25, 0.3) is 0 Å². The summed E-state index contributed by atoms with van der Waals surface area (Å²) in [6, 6.07) is 0. The van der Waals surface area contributed by atoms with Crippen molar-refractivity contribution in [3.05, 3.63) is 11.6 Å². The molecular weight excluding hydrogens is 471 g/mol. The normalized spacial score (nSPS) is 11.6. The van der Waals surface area contributed by atoms with E-state index in [4.69, 9.17) is 0 Å². The largest absolute Gasteiger partial charge is 0.356 e. The monoisotopic (exact) mass is 510 g/mol. The van der Waals surface area contributed by atoms with E-state index in [1.807, 2.05) is 30.3 Å². The Kier molecular flexibility index (Phi) is 16.1.